The molecule has 0 heterocycles. The molecule has 0 bridgehead atoms. The first-order valence-corrected chi connectivity index (χ1v) is 8.67. The molecule has 5 nitrogen and oxygen atoms in total. The second-order valence-electron chi connectivity index (χ2n) is 4.69. The lowest BCUT2D eigenvalue weighted by Gasteiger charge is -2.26. The quantitative estimate of drug-likeness (QED) is 0.736. The summed E-state index contributed by atoms with van der Waals surface area (Å²) in [5, 5.41) is 0. The monoisotopic (exact) mass is 400 g/mol. The fraction of sp³-hybridized carbons (Fsp3) is 0.538. The number of hydrogen-bond acceptors (Lipinski definition) is 4. The summed E-state index contributed by atoms with van der Waals surface area (Å²) in [5.74, 6) is 0.470. The topological polar surface area (TPSA) is 81.4 Å². The number of hydrogen-bond donors (Lipinski definition) is 2. The molecule has 0 aliphatic carbocycles. The Morgan fingerprint density at radius 2 is 1.90 bits per heavy atom. The maximum absolute atomic E-state index is 12.3. The first-order valence-electron chi connectivity index (χ1n) is 6.40. The van der Waals surface area contributed by atoms with Crippen LogP contribution in [0.15, 0.2) is 27.6 Å². The van der Waals surface area contributed by atoms with Crippen LogP contribution in [0.4, 0.5) is 0 Å². The minimum atomic E-state index is -3.59. The highest BCUT2D eigenvalue weighted by molar-refractivity contribution is 9.10. The van der Waals surface area contributed by atoms with Crippen LogP contribution in [-0.2, 0) is 10.0 Å². The largest absolute Gasteiger partial charge is 0.496 e. The molecule has 21 heavy (non-hydrogen) atoms. The van der Waals surface area contributed by atoms with Crippen LogP contribution in [0.1, 0.15) is 26.7 Å². The van der Waals surface area contributed by atoms with E-state index >= 15 is 0 Å². The molecule has 0 unspecified atom stereocenters. The normalized spacial score (nSPS) is 11.9. The van der Waals surface area contributed by atoms with Crippen molar-refractivity contribution in [3.05, 3.63) is 22.7 Å². The molecular formula is C13H22BrClN2O3S. The van der Waals surface area contributed by atoms with Crippen LogP contribution in [0.3, 0.4) is 0 Å². The van der Waals surface area contributed by atoms with Gasteiger partial charge in [-0.05, 0) is 40.9 Å². The van der Waals surface area contributed by atoms with E-state index in [9.17, 15) is 8.42 Å². The summed E-state index contributed by atoms with van der Waals surface area (Å²) in [7, 11) is -2.10. The molecule has 0 radical (unpaired) electrons. The lowest BCUT2D eigenvalue weighted by molar-refractivity contribution is 0.391. The Bertz CT molecular complexity index is 563. The first-order chi connectivity index (χ1) is 9.28. The highest BCUT2D eigenvalue weighted by atomic mass is 79.9. The van der Waals surface area contributed by atoms with Crippen LogP contribution < -0.4 is 15.2 Å². The Morgan fingerprint density at radius 1 is 1.33 bits per heavy atom. The average Bonchev–Trinajstić information content (AvgIpc) is 2.45. The molecule has 1 aromatic carbocycles. The summed E-state index contributed by atoms with van der Waals surface area (Å²) >= 11 is 3.29. The van der Waals surface area contributed by atoms with Crippen molar-refractivity contribution >= 4 is 38.4 Å². The molecule has 0 saturated heterocycles. The van der Waals surface area contributed by atoms with E-state index in [1.807, 2.05) is 13.8 Å². The summed E-state index contributed by atoms with van der Waals surface area (Å²) in [6, 6.07) is 4.64. The van der Waals surface area contributed by atoms with Gasteiger partial charge in [-0.3, -0.25) is 0 Å². The number of sulfonamides is 1. The van der Waals surface area contributed by atoms with Crippen LogP contribution in [-0.4, -0.2) is 27.6 Å². The Labute approximate surface area is 141 Å². The molecule has 122 valence electrons. The van der Waals surface area contributed by atoms with Crippen molar-refractivity contribution < 1.29 is 13.2 Å². The molecule has 8 heteroatoms. The number of benzene rings is 1. The van der Waals surface area contributed by atoms with Gasteiger partial charge in [-0.25, -0.2) is 13.1 Å². The zero-order chi connectivity index (χ0) is 15.4. The lowest BCUT2D eigenvalue weighted by Crippen LogP contribution is -2.49. The smallest absolute Gasteiger partial charge is 0.240 e. The van der Waals surface area contributed by atoms with Crippen molar-refractivity contribution in [1.82, 2.24) is 4.72 Å². The molecule has 3 N–H and O–H groups in total. The van der Waals surface area contributed by atoms with Crippen molar-refractivity contribution in [2.75, 3.05) is 13.7 Å². The molecule has 0 aliphatic heterocycles. The van der Waals surface area contributed by atoms with Crippen LogP contribution in [0, 0.1) is 0 Å². The van der Waals surface area contributed by atoms with Gasteiger partial charge < -0.3 is 10.5 Å². The van der Waals surface area contributed by atoms with Gasteiger partial charge in [0.2, 0.25) is 10.0 Å². The summed E-state index contributed by atoms with van der Waals surface area (Å²) in [6.45, 7) is 4.10. The van der Waals surface area contributed by atoms with E-state index in [0.717, 1.165) is 0 Å². The fourth-order valence-electron chi connectivity index (χ4n) is 1.63. The second-order valence-corrected chi connectivity index (χ2v) is 7.31. The van der Waals surface area contributed by atoms with E-state index in [4.69, 9.17) is 10.5 Å². The molecule has 0 amide bonds. The fourth-order valence-corrected chi connectivity index (χ4v) is 3.19. The minimum Gasteiger partial charge on any atom is -0.496 e. The third-order valence-electron chi connectivity index (χ3n) is 3.46. The van der Waals surface area contributed by atoms with Crippen molar-refractivity contribution in [3.8, 4) is 5.75 Å². The van der Waals surface area contributed by atoms with Gasteiger partial charge in [0.25, 0.3) is 0 Å². The predicted molar refractivity (Wildman–Crippen MR) is 90.6 cm³/mol. The Hall–Kier alpha value is -0.340. The van der Waals surface area contributed by atoms with Gasteiger partial charge >= 0.3 is 0 Å². The van der Waals surface area contributed by atoms with Crippen molar-refractivity contribution in [1.29, 1.82) is 0 Å². The van der Waals surface area contributed by atoms with Crippen LogP contribution >= 0.6 is 28.3 Å². The zero-order valence-corrected chi connectivity index (χ0v) is 15.6. The second kappa shape index (κ2) is 8.33. The zero-order valence-electron chi connectivity index (χ0n) is 12.3. The van der Waals surface area contributed by atoms with Crippen molar-refractivity contribution in [3.63, 3.8) is 0 Å². The number of nitrogens with one attached hydrogen (secondary N) is 1. The third-order valence-corrected chi connectivity index (χ3v) is 5.51. The van der Waals surface area contributed by atoms with E-state index < -0.39 is 15.6 Å². The van der Waals surface area contributed by atoms with Gasteiger partial charge in [-0.2, -0.15) is 0 Å². The minimum absolute atomic E-state index is 0. The van der Waals surface area contributed by atoms with E-state index in [-0.39, 0.29) is 23.8 Å². The molecule has 1 aromatic rings. The van der Waals surface area contributed by atoms with Crippen molar-refractivity contribution in [2.24, 2.45) is 5.73 Å². The van der Waals surface area contributed by atoms with Gasteiger partial charge in [0.05, 0.1) is 16.5 Å². The van der Waals surface area contributed by atoms with E-state index in [1.165, 1.54) is 19.2 Å². The molecule has 0 aliphatic rings. The Kier molecular flexibility index (Phi) is 8.20. The van der Waals surface area contributed by atoms with Crippen LogP contribution in [0.2, 0.25) is 0 Å². The van der Waals surface area contributed by atoms with E-state index in [1.54, 1.807) is 6.07 Å². The standard InChI is InChI=1S/C13H21BrN2O3S.ClH/c1-4-13(15,5-2)9-16-20(17,18)10-6-7-11(14)12(8-10)19-3;/h6-8,16H,4-5,9,15H2,1-3H3;1H. The highest BCUT2D eigenvalue weighted by Crippen LogP contribution is 2.27. The predicted octanol–water partition coefficient (Wildman–Crippen LogP) is 2.68. The number of rotatable bonds is 7. The number of nitrogens with two attached hydrogens (primary N) is 1. The molecule has 0 fully saturated rings. The van der Waals surface area contributed by atoms with Crippen molar-refractivity contribution in [2.45, 2.75) is 37.1 Å². The summed E-state index contributed by atoms with van der Waals surface area (Å²) < 4.78 is 32.9. The average molecular weight is 402 g/mol. The molecule has 0 saturated carbocycles. The van der Waals surface area contributed by atoms with Gasteiger partial charge in [0.15, 0.2) is 0 Å². The summed E-state index contributed by atoms with van der Waals surface area (Å²) in [4.78, 5) is 0.159. The number of halogens is 2. The maximum Gasteiger partial charge on any atom is 0.240 e. The lowest BCUT2D eigenvalue weighted by atomic mass is 9.95. The molecular weight excluding hydrogens is 380 g/mol. The molecule has 0 aromatic heterocycles. The van der Waals surface area contributed by atoms with Gasteiger partial charge in [-0.15, -0.1) is 12.4 Å². The Balaban J connectivity index is 0.00000400. The SMILES string of the molecule is CCC(N)(CC)CNS(=O)(=O)c1ccc(Br)c(OC)c1.Cl. The molecule has 0 spiro atoms. The maximum atomic E-state index is 12.3. The highest BCUT2D eigenvalue weighted by Gasteiger charge is 2.24. The Morgan fingerprint density at radius 3 is 2.38 bits per heavy atom. The number of ether oxygens (including phenoxy) is 1. The van der Waals surface area contributed by atoms with Crippen LogP contribution in [0.5, 0.6) is 5.75 Å². The summed E-state index contributed by atoms with van der Waals surface area (Å²) in [6.07, 6.45) is 1.41. The van der Waals surface area contributed by atoms with Gasteiger partial charge in [0, 0.05) is 18.2 Å². The number of methoxy groups -OCH3 is 1. The van der Waals surface area contributed by atoms with Crippen LogP contribution in [0.25, 0.3) is 0 Å². The van der Waals surface area contributed by atoms with E-state index in [2.05, 4.69) is 20.7 Å². The summed E-state index contributed by atoms with van der Waals surface area (Å²) in [5.41, 5.74) is 5.58. The van der Waals surface area contributed by atoms with Gasteiger partial charge in [-0.1, -0.05) is 13.8 Å². The van der Waals surface area contributed by atoms with Gasteiger partial charge in [0.1, 0.15) is 5.75 Å². The van der Waals surface area contributed by atoms with E-state index in [0.29, 0.717) is 23.1 Å². The first kappa shape index (κ1) is 20.7. The third kappa shape index (κ3) is 5.41. The molecule has 0 atom stereocenters. The molecule has 1 rings (SSSR count).